The minimum absolute atomic E-state index is 0.152. The molecule has 1 aliphatic carbocycles. The van der Waals surface area contributed by atoms with Crippen molar-refractivity contribution < 1.29 is 4.39 Å². The molecule has 3 rings (SSSR count). The number of nitrogens with one attached hydrogen (secondary N) is 1. The summed E-state index contributed by atoms with van der Waals surface area (Å²) in [5.74, 6) is 0.633. The summed E-state index contributed by atoms with van der Waals surface area (Å²) in [5, 5.41) is 7.65. The van der Waals surface area contributed by atoms with Crippen LogP contribution in [0.1, 0.15) is 29.4 Å². The van der Waals surface area contributed by atoms with Gasteiger partial charge in [-0.2, -0.15) is 5.10 Å². The molecule has 0 bridgehead atoms. The van der Waals surface area contributed by atoms with E-state index in [-0.39, 0.29) is 11.9 Å². The van der Waals surface area contributed by atoms with Crippen LogP contribution < -0.4 is 5.32 Å². The van der Waals surface area contributed by atoms with Crippen LogP contribution >= 0.6 is 0 Å². The second-order valence-corrected chi connectivity index (χ2v) is 4.65. The molecule has 1 atom stereocenters. The Kier molecular flexibility index (Phi) is 2.83. The van der Waals surface area contributed by atoms with Crippen LogP contribution in [0.25, 0.3) is 0 Å². The Morgan fingerprint density at radius 3 is 3.17 bits per heavy atom. The summed E-state index contributed by atoms with van der Waals surface area (Å²) in [6.07, 6.45) is 3.63. The molecule has 0 saturated heterocycles. The van der Waals surface area contributed by atoms with Gasteiger partial charge in [0.05, 0.1) is 6.54 Å². The van der Waals surface area contributed by atoms with Gasteiger partial charge in [0, 0.05) is 13.1 Å². The maximum atomic E-state index is 13.1. The summed E-state index contributed by atoms with van der Waals surface area (Å²) in [7, 11) is 1.85. The van der Waals surface area contributed by atoms with Gasteiger partial charge in [-0.15, -0.1) is 0 Å². The van der Waals surface area contributed by atoms with Crippen molar-refractivity contribution >= 4 is 0 Å². The molecule has 1 aromatic heterocycles. The number of aryl methyl sites for hydroxylation is 2. The first-order chi connectivity index (χ1) is 8.72. The Morgan fingerprint density at radius 1 is 1.50 bits per heavy atom. The largest absolute Gasteiger partial charge is 0.303 e. The van der Waals surface area contributed by atoms with Gasteiger partial charge < -0.3 is 5.32 Å². The Hall–Kier alpha value is -1.75. The Bertz CT molecular complexity index is 564. The van der Waals surface area contributed by atoms with Crippen LogP contribution in [-0.2, 0) is 20.0 Å². The molecule has 4 nitrogen and oxygen atoms in total. The van der Waals surface area contributed by atoms with Crippen LogP contribution in [0, 0.1) is 5.82 Å². The number of hydrogen-bond donors (Lipinski definition) is 1. The highest BCUT2D eigenvalue weighted by Gasteiger charge is 2.22. The molecule has 0 aliphatic heterocycles. The number of nitrogens with zero attached hydrogens (tertiary/aromatic N) is 3. The first kappa shape index (κ1) is 11.3. The fourth-order valence-electron chi connectivity index (χ4n) is 2.48. The van der Waals surface area contributed by atoms with E-state index in [4.69, 9.17) is 0 Å². The van der Waals surface area contributed by atoms with Crippen LogP contribution in [0.4, 0.5) is 4.39 Å². The van der Waals surface area contributed by atoms with Gasteiger partial charge in [0.1, 0.15) is 12.1 Å². The third-order valence-electron chi connectivity index (χ3n) is 3.34. The van der Waals surface area contributed by atoms with Crippen molar-refractivity contribution in [2.45, 2.75) is 25.4 Å². The third kappa shape index (κ3) is 2.13. The number of hydrogen-bond acceptors (Lipinski definition) is 3. The van der Waals surface area contributed by atoms with Crippen LogP contribution in [0.3, 0.4) is 0 Å². The molecular weight excluding hydrogens is 231 g/mol. The number of rotatable bonds is 3. The van der Waals surface area contributed by atoms with Gasteiger partial charge in [0.2, 0.25) is 0 Å². The highest BCUT2D eigenvalue weighted by molar-refractivity contribution is 5.34. The summed E-state index contributed by atoms with van der Waals surface area (Å²) < 4.78 is 14.8. The van der Waals surface area contributed by atoms with E-state index in [9.17, 15) is 4.39 Å². The van der Waals surface area contributed by atoms with Gasteiger partial charge in [-0.05, 0) is 36.1 Å². The van der Waals surface area contributed by atoms with Crippen molar-refractivity contribution in [2.75, 3.05) is 0 Å². The molecule has 2 aromatic rings. The minimum Gasteiger partial charge on any atom is -0.303 e. The van der Waals surface area contributed by atoms with Crippen molar-refractivity contribution in [3.05, 3.63) is 47.3 Å². The second-order valence-electron chi connectivity index (χ2n) is 4.65. The number of fused-ring (bicyclic) bond motifs is 1. The molecule has 1 heterocycles. The molecule has 1 unspecified atom stereocenters. The lowest BCUT2D eigenvalue weighted by molar-refractivity contribution is 0.517. The van der Waals surface area contributed by atoms with Crippen LogP contribution in [0.5, 0.6) is 0 Å². The molecule has 5 heteroatoms. The van der Waals surface area contributed by atoms with Gasteiger partial charge in [0.15, 0.2) is 5.82 Å². The lowest BCUT2D eigenvalue weighted by atomic mass is 10.1. The number of aromatic nitrogens is 3. The molecule has 0 fully saturated rings. The van der Waals surface area contributed by atoms with Crippen molar-refractivity contribution in [1.29, 1.82) is 0 Å². The average molecular weight is 246 g/mol. The van der Waals surface area contributed by atoms with Crippen molar-refractivity contribution in [3.63, 3.8) is 0 Å². The zero-order valence-corrected chi connectivity index (χ0v) is 10.2. The Morgan fingerprint density at radius 2 is 2.39 bits per heavy atom. The molecule has 1 N–H and O–H groups in total. The minimum atomic E-state index is -0.152. The van der Waals surface area contributed by atoms with Crippen molar-refractivity contribution in [1.82, 2.24) is 20.1 Å². The molecule has 0 saturated carbocycles. The van der Waals surface area contributed by atoms with Gasteiger partial charge in [-0.1, -0.05) is 6.07 Å². The van der Waals surface area contributed by atoms with Gasteiger partial charge in [-0.25, -0.2) is 9.37 Å². The summed E-state index contributed by atoms with van der Waals surface area (Å²) in [5.41, 5.74) is 2.31. The van der Waals surface area contributed by atoms with Gasteiger partial charge in [-0.3, -0.25) is 4.68 Å². The highest BCUT2D eigenvalue weighted by Crippen LogP contribution is 2.31. The average Bonchev–Trinajstić information content (AvgIpc) is 2.92. The van der Waals surface area contributed by atoms with E-state index in [2.05, 4.69) is 15.4 Å². The molecule has 1 aliphatic rings. The van der Waals surface area contributed by atoms with Crippen molar-refractivity contribution in [2.24, 2.45) is 7.05 Å². The Labute approximate surface area is 105 Å². The monoisotopic (exact) mass is 246 g/mol. The zero-order chi connectivity index (χ0) is 12.5. The van der Waals surface area contributed by atoms with E-state index in [0.29, 0.717) is 6.54 Å². The SMILES string of the molecule is Cn1cnc(CNC2CCc3cc(F)ccc32)n1. The van der Waals surface area contributed by atoms with Crippen LogP contribution in [0.2, 0.25) is 0 Å². The topological polar surface area (TPSA) is 42.7 Å². The molecule has 0 amide bonds. The first-order valence-corrected chi connectivity index (χ1v) is 6.08. The maximum Gasteiger partial charge on any atom is 0.164 e. The van der Waals surface area contributed by atoms with E-state index < -0.39 is 0 Å². The fourth-order valence-corrected chi connectivity index (χ4v) is 2.48. The van der Waals surface area contributed by atoms with E-state index in [0.717, 1.165) is 24.2 Å². The van der Waals surface area contributed by atoms with E-state index >= 15 is 0 Å². The number of benzene rings is 1. The predicted octanol–water partition coefficient (Wildman–Crippen LogP) is 1.73. The molecule has 94 valence electrons. The summed E-state index contributed by atoms with van der Waals surface area (Å²) in [6, 6.07) is 5.32. The summed E-state index contributed by atoms with van der Waals surface area (Å²) >= 11 is 0. The second kappa shape index (κ2) is 4.49. The van der Waals surface area contributed by atoms with Crippen LogP contribution in [-0.4, -0.2) is 14.8 Å². The third-order valence-corrected chi connectivity index (χ3v) is 3.34. The Balaban J connectivity index is 1.69. The molecule has 18 heavy (non-hydrogen) atoms. The highest BCUT2D eigenvalue weighted by atomic mass is 19.1. The lowest BCUT2D eigenvalue weighted by Crippen LogP contribution is -2.19. The van der Waals surface area contributed by atoms with Crippen LogP contribution in [0.15, 0.2) is 24.5 Å². The molecular formula is C13H15FN4. The maximum absolute atomic E-state index is 13.1. The smallest absolute Gasteiger partial charge is 0.164 e. The summed E-state index contributed by atoms with van der Waals surface area (Å²) in [6.45, 7) is 0.641. The van der Waals surface area contributed by atoms with Gasteiger partial charge >= 0.3 is 0 Å². The molecule has 0 radical (unpaired) electrons. The van der Waals surface area contributed by atoms with Crippen molar-refractivity contribution in [3.8, 4) is 0 Å². The quantitative estimate of drug-likeness (QED) is 0.897. The van der Waals surface area contributed by atoms with E-state index in [1.807, 2.05) is 13.1 Å². The molecule has 0 spiro atoms. The normalized spacial score (nSPS) is 18.0. The zero-order valence-electron chi connectivity index (χ0n) is 10.2. The number of halogens is 1. The van der Waals surface area contributed by atoms with E-state index in [1.165, 1.54) is 11.6 Å². The molecule has 1 aromatic carbocycles. The van der Waals surface area contributed by atoms with E-state index in [1.54, 1.807) is 17.1 Å². The summed E-state index contributed by atoms with van der Waals surface area (Å²) in [4.78, 5) is 4.18. The lowest BCUT2D eigenvalue weighted by Gasteiger charge is -2.12. The first-order valence-electron chi connectivity index (χ1n) is 6.08. The standard InChI is InChI=1S/C13H15FN4/c1-18-8-16-13(17-18)7-15-12-5-2-9-6-10(14)3-4-11(9)12/h3-4,6,8,12,15H,2,5,7H2,1H3. The fraction of sp³-hybridized carbons (Fsp3) is 0.385. The predicted molar refractivity (Wildman–Crippen MR) is 65.3 cm³/mol. The van der Waals surface area contributed by atoms with Gasteiger partial charge in [0.25, 0.3) is 0 Å².